The molecule has 0 unspecified atom stereocenters. The van der Waals surface area contributed by atoms with Crippen LogP contribution in [0.3, 0.4) is 0 Å². The maximum absolute atomic E-state index is 6.17. The van der Waals surface area contributed by atoms with Crippen LogP contribution in [0.2, 0.25) is 0 Å². The van der Waals surface area contributed by atoms with Gasteiger partial charge >= 0.3 is 7.12 Å². The van der Waals surface area contributed by atoms with Crippen molar-refractivity contribution >= 4 is 13.2 Å². The average molecular weight is 270 g/mol. The van der Waals surface area contributed by atoms with Crippen LogP contribution in [0.4, 0.5) is 0 Å². The molecule has 0 radical (unpaired) electrons. The highest BCUT2D eigenvalue weighted by atomic mass is 16.7. The maximum Gasteiger partial charge on any atom is 0.490 e. The molecule has 1 aliphatic carbocycles. The quantitative estimate of drug-likeness (QED) is 0.721. The summed E-state index contributed by atoms with van der Waals surface area (Å²) >= 11 is 0. The van der Waals surface area contributed by atoms with Crippen LogP contribution in [0.1, 0.15) is 49.9 Å². The molecule has 1 aromatic rings. The van der Waals surface area contributed by atoms with Gasteiger partial charge in [-0.25, -0.2) is 0 Å². The Morgan fingerprint density at radius 2 is 1.50 bits per heavy atom. The summed E-state index contributed by atoms with van der Waals surface area (Å²) in [6.45, 7) is 12.8. The molecule has 0 bridgehead atoms. The van der Waals surface area contributed by atoms with Crippen molar-refractivity contribution in [2.24, 2.45) is 0 Å². The number of hydrogen-bond donors (Lipinski definition) is 0. The molecular formula is C17H23BO2. The van der Waals surface area contributed by atoms with Gasteiger partial charge in [0.05, 0.1) is 11.2 Å². The van der Waals surface area contributed by atoms with Crippen molar-refractivity contribution in [2.75, 3.05) is 0 Å². The van der Waals surface area contributed by atoms with Crippen LogP contribution >= 0.6 is 0 Å². The molecule has 1 aliphatic heterocycles. The van der Waals surface area contributed by atoms with E-state index in [0.29, 0.717) is 0 Å². The van der Waals surface area contributed by atoms with Crippen LogP contribution in [0.15, 0.2) is 17.6 Å². The number of fused-ring (bicyclic) bond motifs is 1. The molecule has 0 saturated carbocycles. The first-order valence-corrected chi connectivity index (χ1v) is 7.36. The van der Waals surface area contributed by atoms with Crippen LogP contribution in [0.5, 0.6) is 0 Å². The topological polar surface area (TPSA) is 18.5 Å². The van der Waals surface area contributed by atoms with Gasteiger partial charge in [-0.3, -0.25) is 0 Å². The largest absolute Gasteiger partial charge is 0.490 e. The van der Waals surface area contributed by atoms with Gasteiger partial charge in [-0.05, 0) is 75.7 Å². The summed E-state index contributed by atoms with van der Waals surface area (Å²) in [4.78, 5) is 0. The monoisotopic (exact) mass is 270 g/mol. The highest BCUT2D eigenvalue weighted by Crippen LogP contribution is 2.41. The van der Waals surface area contributed by atoms with Crippen LogP contribution in [0.25, 0.3) is 6.08 Å². The van der Waals surface area contributed by atoms with Gasteiger partial charge in [0.25, 0.3) is 0 Å². The van der Waals surface area contributed by atoms with Crippen LogP contribution in [-0.4, -0.2) is 18.3 Å². The Morgan fingerprint density at radius 1 is 0.950 bits per heavy atom. The van der Waals surface area contributed by atoms with E-state index in [2.05, 4.69) is 59.8 Å². The molecule has 1 fully saturated rings. The molecule has 106 valence electrons. The number of benzene rings is 1. The second-order valence-electron chi connectivity index (χ2n) is 7.08. The second kappa shape index (κ2) is 4.22. The molecule has 1 saturated heterocycles. The van der Waals surface area contributed by atoms with Crippen molar-refractivity contribution in [1.82, 2.24) is 0 Å². The molecule has 2 aliphatic rings. The van der Waals surface area contributed by atoms with E-state index in [1.165, 1.54) is 27.7 Å². The van der Waals surface area contributed by atoms with E-state index in [0.717, 1.165) is 6.42 Å². The van der Waals surface area contributed by atoms with Crippen LogP contribution in [0, 0.1) is 13.8 Å². The molecule has 2 nitrogen and oxygen atoms in total. The van der Waals surface area contributed by atoms with Gasteiger partial charge in [-0.15, -0.1) is 0 Å². The first-order valence-electron chi connectivity index (χ1n) is 7.36. The normalized spacial score (nSPS) is 22.9. The molecule has 3 rings (SSSR count). The zero-order valence-corrected chi connectivity index (χ0v) is 13.3. The molecule has 0 N–H and O–H groups in total. The lowest BCUT2D eigenvalue weighted by atomic mass is 9.77. The lowest BCUT2D eigenvalue weighted by molar-refractivity contribution is 0.00578. The maximum atomic E-state index is 6.17. The minimum Gasteiger partial charge on any atom is -0.400 e. The minimum absolute atomic E-state index is 0.216. The zero-order valence-electron chi connectivity index (χ0n) is 13.3. The number of hydrogen-bond acceptors (Lipinski definition) is 2. The Balaban J connectivity index is 1.92. The van der Waals surface area contributed by atoms with Crippen molar-refractivity contribution in [3.05, 3.63) is 39.9 Å². The summed E-state index contributed by atoms with van der Waals surface area (Å²) in [6, 6.07) is 4.40. The fraction of sp³-hybridized carbons (Fsp3) is 0.529. The lowest BCUT2D eigenvalue weighted by Crippen LogP contribution is -2.41. The summed E-state index contributed by atoms with van der Waals surface area (Å²) in [5.74, 6) is 0. The Labute approximate surface area is 122 Å². The minimum atomic E-state index is -0.266. The van der Waals surface area contributed by atoms with Gasteiger partial charge < -0.3 is 9.31 Å². The third-order valence-corrected chi connectivity index (χ3v) is 5.08. The van der Waals surface area contributed by atoms with Crippen LogP contribution in [-0.2, 0) is 15.7 Å². The summed E-state index contributed by atoms with van der Waals surface area (Å²) < 4.78 is 12.3. The van der Waals surface area contributed by atoms with Crippen molar-refractivity contribution in [1.29, 1.82) is 0 Å². The Morgan fingerprint density at radius 3 is 2.05 bits per heavy atom. The SMILES string of the molecule is Cc1ccc(C)c2c1C=C(B1OC(C)(C)C(C)(C)O1)C2. The van der Waals surface area contributed by atoms with Crippen molar-refractivity contribution in [3.63, 3.8) is 0 Å². The smallest absolute Gasteiger partial charge is 0.400 e. The highest BCUT2D eigenvalue weighted by Gasteiger charge is 2.52. The van der Waals surface area contributed by atoms with Crippen molar-refractivity contribution < 1.29 is 9.31 Å². The number of aryl methyl sites for hydroxylation is 2. The van der Waals surface area contributed by atoms with Gasteiger partial charge in [0.2, 0.25) is 0 Å². The Kier molecular flexibility index (Phi) is 2.93. The molecule has 1 aromatic carbocycles. The molecule has 20 heavy (non-hydrogen) atoms. The standard InChI is InChI=1S/C17H23BO2/c1-11-7-8-12(2)15-10-13(9-14(11)15)18-19-16(3,4)17(5,6)20-18/h7-9H,10H2,1-6H3. The molecular weight excluding hydrogens is 247 g/mol. The van der Waals surface area contributed by atoms with E-state index >= 15 is 0 Å². The van der Waals surface area contributed by atoms with Gasteiger partial charge in [0.15, 0.2) is 0 Å². The zero-order chi connectivity index (χ0) is 14.7. The third-order valence-electron chi connectivity index (χ3n) is 5.08. The first-order chi connectivity index (χ1) is 9.21. The molecule has 0 aromatic heterocycles. The summed E-state index contributed by atoms with van der Waals surface area (Å²) in [7, 11) is -0.216. The predicted molar refractivity (Wildman–Crippen MR) is 83.7 cm³/mol. The third kappa shape index (κ3) is 1.95. The Hall–Kier alpha value is -1.06. The highest BCUT2D eigenvalue weighted by molar-refractivity contribution is 6.56. The van der Waals surface area contributed by atoms with Gasteiger partial charge in [-0.1, -0.05) is 18.2 Å². The number of rotatable bonds is 1. The molecule has 0 amide bonds. The second-order valence-corrected chi connectivity index (χ2v) is 7.08. The van der Waals surface area contributed by atoms with E-state index in [-0.39, 0.29) is 18.3 Å². The summed E-state index contributed by atoms with van der Waals surface area (Å²) in [5, 5.41) is 0. The van der Waals surface area contributed by atoms with Crippen molar-refractivity contribution in [3.8, 4) is 0 Å². The van der Waals surface area contributed by atoms with E-state index in [1.807, 2.05) is 0 Å². The van der Waals surface area contributed by atoms with E-state index in [9.17, 15) is 0 Å². The lowest BCUT2D eigenvalue weighted by Gasteiger charge is -2.32. The van der Waals surface area contributed by atoms with Gasteiger partial charge in [-0.2, -0.15) is 0 Å². The molecule has 3 heteroatoms. The van der Waals surface area contributed by atoms with E-state index < -0.39 is 0 Å². The molecule has 0 atom stereocenters. The fourth-order valence-corrected chi connectivity index (χ4v) is 2.91. The van der Waals surface area contributed by atoms with Gasteiger partial charge in [0.1, 0.15) is 0 Å². The van der Waals surface area contributed by atoms with Gasteiger partial charge in [0, 0.05) is 0 Å². The molecule has 1 heterocycles. The Bertz CT molecular complexity index is 583. The fourth-order valence-electron chi connectivity index (χ4n) is 2.91. The molecule has 0 spiro atoms. The summed E-state index contributed by atoms with van der Waals surface area (Å²) in [6.07, 6.45) is 3.21. The van der Waals surface area contributed by atoms with Crippen molar-refractivity contribution in [2.45, 2.75) is 59.2 Å². The van der Waals surface area contributed by atoms with Crippen LogP contribution < -0.4 is 0 Å². The predicted octanol–water partition coefficient (Wildman–Crippen LogP) is 3.87. The average Bonchev–Trinajstić information content (AvgIpc) is 2.86. The number of allylic oxidation sites excluding steroid dienone is 1. The summed E-state index contributed by atoms with van der Waals surface area (Å²) in [5.41, 5.74) is 6.18. The van der Waals surface area contributed by atoms with E-state index in [1.54, 1.807) is 0 Å². The first kappa shape index (κ1) is 13.9. The van der Waals surface area contributed by atoms with E-state index in [4.69, 9.17) is 9.31 Å².